The molecule has 3 heterocycles. The normalized spacial score (nSPS) is 37.3. The van der Waals surface area contributed by atoms with E-state index in [1.165, 1.54) is 71.4 Å². The monoisotopic (exact) mass is 418 g/mol. The van der Waals surface area contributed by atoms with Crippen LogP contribution in [0, 0.1) is 17.3 Å². The maximum Gasteiger partial charge on any atom is 0.0168 e. The molecule has 4 heteroatoms. The molecule has 4 fully saturated rings. The van der Waals surface area contributed by atoms with Crippen LogP contribution in [0.25, 0.3) is 0 Å². The molecule has 0 aromatic heterocycles. The third-order valence-corrected chi connectivity index (χ3v) is 9.34. The first kappa shape index (κ1) is 23.0. The second-order valence-electron chi connectivity index (χ2n) is 12.7. The fourth-order valence-corrected chi connectivity index (χ4v) is 7.47. The average molecular weight is 419 g/mol. The van der Waals surface area contributed by atoms with E-state index in [0.717, 1.165) is 17.9 Å². The lowest BCUT2D eigenvalue weighted by Gasteiger charge is -2.41. The van der Waals surface area contributed by atoms with Gasteiger partial charge in [-0.15, -0.1) is 0 Å². The van der Waals surface area contributed by atoms with Crippen molar-refractivity contribution in [3.05, 3.63) is 0 Å². The van der Waals surface area contributed by atoms with Gasteiger partial charge in [-0.05, 0) is 97.1 Å². The molecule has 1 N–H and O–H groups in total. The van der Waals surface area contributed by atoms with Crippen molar-refractivity contribution in [1.82, 2.24) is 20.0 Å². The summed E-state index contributed by atoms with van der Waals surface area (Å²) in [6, 6.07) is 2.76. The lowest BCUT2D eigenvalue weighted by Crippen LogP contribution is -2.49. The molecule has 3 aliphatic heterocycles. The van der Waals surface area contributed by atoms with E-state index in [4.69, 9.17) is 0 Å². The van der Waals surface area contributed by atoms with E-state index in [-0.39, 0.29) is 0 Å². The van der Waals surface area contributed by atoms with Gasteiger partial charge in [0.05, 0.1) is 0 Å². The molecule has 1 aliphatic carbocycles. The summed E-state index contributed by atoms with van der Waals surface area (Å²) >= 11 is 0. The second kappa shape index (κ2) is 8.65. The molecule has 0 bridgehead atoms. The summed E-state index contributed by atoms with van der Waals surface area (Å²) in [4.78, 5) is 8.41. The van der Waals surface area contributed by atoms with Gasteiger partial charge in [0.1, 0.15) is 0 Å². The first-order valence-corrected chi connectivity index (χ1v) is 13.1. The smallest absolute Gasteiger partial charge is 0.0168 e. The van der Waals surface area contributed by atoms with Gasteiger partial charge in [-0.1, -0.05) is 13.8 Å². The van der Waals surface area contributed by atoms with Gasteiger partial charge >= 0.3 is 0 Å². The Labute approximate surface area is 187 Å². The second-order valence-corrected chi connectivity index (χ2v) is 12.7. The highest BCUT2D eigenvalue weighted by Gasteiger charge is 2.48. The highest BCUT2D eigenvalue weighted by Crippen LogP contribution is 2.44. The number of hydrogen-bond acceptors (Lipinski definition) is 4. The lowest BCUT2D eigenvalue weighted by molar-refractivity contribution is 0.0882. The van der Waals surface area contributed by atoms with Gasteiger partial charge in [0.25, 0.3) is 0 Å². The predicted molar refractivity (Wildman–Crippen MR) is 128 cm³/mol. The van der Waals surface area contributed by atoms with Crippen molar-refractivity contribution in [2.24, 2.45) is 17.3 Å². The largest absolute Gasteiger partial charge is 0.311 e. The topological polar surface area (TPSA) is 21.8 Å². The maximum absolute atomic E-state index is 3.87. The SMILES string of the molecule is CC(C)NC1CCC2CN(C(C)(C)CC(C)N3CCC4(CCN(C(C)C)C4)C3)CC21. The molecule has 0 aromatic rings. The number of fused-ring (bicyclic) bond motifs is 1. The summed E-state index contributed by atoms with van der Waals surface area (Å²) in [6.07, 6.45) is 6.95. The summed E-state index contributed by atoms with van der Waals surface area (Å²) in [7, 11) is 0. The van der Waals surface area contributed by atoms with Gasteiger partial charge in [-0.25, -0.2) is 0 Å². The molecular formula is C26H50N4. The van der Waals surface area contributed by atoms with Gasteiger partial charge in [-0.3, -0.25) is 9.80 Å². The molecular weight excluding hydrogens is 368 g/mol. The van der Waals surface area contributed by atoms with E-state index in [1.807, 2.05) is 0 Å². The van der Waals surface area contributed by atoms with Crippen molar-refractivity contribution in [2.75, 3.05) is 39.3 Å². The van der Waals surface area contributed by atoms with Crippen LogP contribution in [0.4, 0.5) is 0 Å². The van der Waals surface area contributed by atoms with Crippen molar-refractivity contribution >= 4 is 0 Å². The summed E-state index contributed by atoms with van der Waals surface area (Å²) in [5.74, 6) is 1.80. The van der Waals surface area contributed by atoms with Gasteiger partial charge in [0, 0.05) is 55.9 Å². The van der Waals surface area contributed by atoms with Crippen LogP contribution < -0.4 is 5.32 Å². The molecule has 0 radical (unpaired) electrons. The lowest BCUT2D eigenvalue weighted by atomic mass is 9.86. The van der Waals surface area contributed by atoms with Gasteiger partial charge in [0.15, 0.2) is 0 Å². The number of hydrogen-bond donors (Lipinski definition) is 1. The minimum Gasteiger partial charge on any atom is -0.311 e. The van der Waals surface area contributed by atoms with Crippen LogP contribution in [0.1, 0.15) is 80.6 Å². The van der Waals surface area contributed by atoms with E-state index in [1.54, 1.807) is 0 Å². The van der Waals surface area contributed by atoms with Crippen LogP contribution >= 0.6 is 0 Å². The fourth-order valence-electron chi connectivity index (χ4n) is 7.47. The van der Waals surface area contributed by atoms with Crippen LogP contribution in [0.3, 0.4) is 0 Å². The summed E-state index contributed by atoms with van der Waals surface area (Å²) in [5, 5.41) is 3.87. The summed E-state index contributed by atoms with van der Waals surface area (Å²) in [6.45, 7) is 24.8. The quantitative estimate of drug-likeness (QED) is 0.673. The molecule has 174 valence electrons. The number of nitrogens with one attached hydrogen (secondary N) is 1. The summed E-state index contributed by atoms with van der Waals surface area (Å²) < 4.78 is 0. The first-order valence-electron chi connectivity index (χ1n) is 13.1. The van der Waals surface area contributed by atoms with E-state index in [0.29, 0.717) is 29.1 Å². The summed E-state index contributed by atoms with van der Waals surface area (Å²) in [5.41, 5.74) is 0.893. The van der Waals surface area contributed by atoms with Crippen molar-refractivity contribution in [3.8, 4) is 0 Å². The molecule has 3 saturated heterocycles. The Bertz CT molecular complexity index is 588. The van der Waals surface area contributed by atoms with Crippen molar-refractivity contribution in [1.29, 1.82) is 0 Å². The van der Waals surface area contributed by atoms with Gasteiger partial charge in [0.2, 0.25) is 0 Å². The predicted octanol–water partition coefficient (Wildman–Crippen LogP) is 4.06. The zero-order chi connectivity index (χ0) is 21.7. The van der Waals surface area contributed by atoms with Crippen LogP contribution in [0.5, 0.6) is 0 Å². The highest BCUT2D eigenvalue weighted by molar-refractivity contribution is 5.03. The number of likely N-dealkylation sites (tertiary alicyclic amines) is 3. The Morgan fingerprint density at radius 2 is 1.60 bits per heavy atom. The zero-order valence-electron chi connectivity index (χ0n) is 21.1. The highest BCUT2D eigenvalue weighted by atomic mass is 15.3. The zero-order valence-corrected chi connectivity index (χ0v) is 21.1. The molecule has 0 aromatic carbocycles. The van der Waals surface area contributed by atoms with E-state index in [9.17, 15) is 0 Å². The molecule has 4 nitrogen and oxygen atoms in total. The van der Waals surface area contributed by atoms with E-state index >= 15 is 0 Å². The fraction of sp³-hybridized carbons (Fsp3) is 1.00. The third kappa shape index (κ3) is 4.63. The van der Waals surface area contributed by atoms with Crippen LogP contribution in [-0.4, -0.2) is 83.7 Å². The van der Waals surface area contributed by atoms with E-state index in [2.05, 4.69) is 68.5 Å². The first-order chi connectivity index (χ1) is 14.1. The molecule has 5 atom stereocenters. The van der Waals surface area contributed by atoms with Gasteiger partial charge < -0.3 is 10.2 Å². The molecule has 5 unspecified atom stereocenters. The van der Waals surface area contributed by atoms with Crippen molar-refractivity contribution in [2.45, 2.75) is 110 Å². The molecule has 0 amide bonds. The molecule has 4 rings (SSSR count). The van der Waals surface area contributed by atoms with Crippen LogP contribution in [0.15, 0.2) is 0 Å². The molecule has 1 spiro atoms. The average Bonchev–Trinajstić information content (AvgIpc) is 3.41. The Morgan fingerprint density at radius 3 is 2.23 bits per heavy atom. The Hall–Kier alpha value is -0.160. The standard InChI is InChI=1S/C26H50N4/c1-19(2)27-24-9-8-22-15-30(16-23(22)24)25(6,7)14-21(5)29-13-11-26(18-29)10-12-28(17-26)20(3)4/h19-24,27H,8-18H2,1-7H3. The number of rotatable bonds is 7. The van der Waals surface area contributed by atoms with Crippen LogP contribution in [-0.2, 0) is 0 Å². The number of nitrogens with zero attached hydrogens (tertiary/aromatic N) is 3. The maximum atomic E-state index is 3.87. The minimum atomic E-state index is 0.307. The van der Waals surface area contributed by atoms with Gasteiger partial charge in [-0.2, -0.15) is 0 Å². The van der Waals surface area contributed by atoms with Crippen molar-refractivity contribution < 1.29 is 0 Å². The Kier molecular flexibility index (Phi) is 6.63. The Morgan fingerprint density at radius 1 is 0.933 bits per heavy atom. The third-order valence-electron chi connectivity index (χ3n) is 9.34. The molecule has 4 aliphatic rings. The van der Waals surface area contributed by atoms with Crippen molar-refractivity contribution in [3.63, 3.8) is 0 Å². The van der Waals surface area contributed by atoms with E-state index < -0.39 is 0 Å². The molecule has 1 saturated carbocycles. The van der Waals surface area contributed by atoms with Crippen LogP contribution in [0.2, 0.25) is 0 Å². The Balaban J connectivity index is 1.31. The minimum absolute atomic E-state index is 0.307. The molecule has 30 heavy (non-hydrogen) atoms.